The van der Waals surface area contributed by atoms with Crippen molar-refractivity contribution in [1.29, 1.82) is 0 Å². The normalized spacial score (nSPS) is 10.9. The molecule has 1 aromatic rings. The molecule has 0 saturated heterocycles. The van der Waals surface area contributed by atoms with Crippen molar-refractivity contribution in [3.8, 4) is 0 Å². The smallest absolute Gasteiger partial charge is 0.0101 e. The van der Waals surface area contributed by atoms with Gasteiger partial charge < -0.3 is 0 Å². The molecule has 0 N–H and O–H groups in total. The molecular formula is C19H32S. The number of aryl methyl sites for hydroxylation is 1. The zero-order valence-electron chi connectivity index (χ0n) is 13.5. The van der Waals surface area contributed by atoms with Crippen molar-refractivity contribution in [3.05, 3.63) is 29.8 Å². The van der Waals surface area contributed by atoms with Gasteiger partial charge in [-0.3, -0.25) is 0 Å². The van der Waals surface area contributed by atoms with Crippen LogP contribution < -0.4 is 0 Å². The molecule has 0 aliphatic heterocycles. The van der Waals surface area contributed by atoms with Gasteiger partial charge in [0.05, 0.1) is 0 Å². The van der Waals surface area contributed by atoms with Crippen LogP contribution in [0.1, 0.15) is 76.7 Å². The van der Waals surface area contributed by atoms with Crippen LogP contribution in [0.4, 0.5) is 0 Å². The molecule has 1 aromatic carbocycles. The number of thioether (sulfide) groups is 1. The summed E-state index contributed by atoms with van der Waals surface area (Å²) < 4.78 is 0. The maximum Gasteiger partial charge on any atom is 0.0101 e. The standard InChI is InChI=1S/C19H32S/c1-3-4-5-6-7-8-9-10-11-14-17-20-19-16-13-12-15-18(19)2/h12-13,15-16H,3-11,14,17H2,1-2H3. The fraction of sp³-hybridized carbons (Fsp3) is 0.684. The monoisotopic (exact) mass is 292 g/mol. The van der Waals surface area contributed by atoms with E-state index < -0.39 is 0 Å². The predicted molar refractivity (Wildman–Crippen MR) is 93.7 cm³/mol. The Morgan fingerprint density at radius 2 is 1.30 bits per heavy atom. The number of unbranched alkanes of at least 4 members (excludes halogenated alkanes) is 9. The van der Waals surface area contributed by atoms with E-state index in [1.807, 2.05) is 11.8 Å². The van der Waals surface area contributed by atoms with Gasteiger partial charge in [-0.25, -0.2) is 0 Å². The van der Waals surface area contributed by atoms with Gasteiger partial charge >= 0.3 is 0 Å². The van der Waals surface area contributed by atoms with Gasteiger partial charge in [-0.1, -0.05) is 82.9 Å². The van der Waals surface area contributed by atoms with Gasteiger partial charge in [-0.05, 0) is 30.7 Å². The molecule has 0 saturated carbocycles. The third kappa shape index (κ3) is 8.68. The number of benzene rings is 1. The summed E-state index contributed by atoms with van der Waals surface area (Å²) in [7, 11) is 0. The van der Waals surface area contributed by atoms with Crippen LogP contribution in [0.25, 0.3) is 0 Å². The van der Waals surface area contributed by atoms with Crippen LogP contribution >= 0.6 is 11.8 Å². The highest BCUT2D eigenvalue weighted by atomic mass is 32.2. The third-order valence-corrected chi connectivity index (χ3v) is 5.11. The van der Waals surface area contributed by atoms with E-state index in [9.17, 15) is 0 Å². The van der Waals surface area contributed by atoms with E-state index in [4.69, 9.17) is 0 Å². The average Bonchev–Trinajstić information content (AvgIpc) is 2.46. The highest BCUT2D eigenvalue weighted by Crippen LogP contribution is 2.23. The van der Waals surface area contributed by atoms with Crippen LogP contribution in [0.15, 0.2) is 29.2 Å². The highest BCUT2D eigenvalue weighted by molar-refractivity contribution is 7.99. The Labute approximate surface area is 130 Å². The molecule has 0 unspecified atom stereocenters. The molecule has 0 spiro atoms. The van der Waals surface area contributed by atoms with E-state index in [-0.39, 0.29) is 0 Å². The molecule has 0 aromatic heterocycles. The lowest BCUT2D eigenvalue weighted by molar-refractivity contribution is 0.563. The highest BCUT2D eigenvalue weighted by Gasteiger charge is 1.97. The first-order valence-electron chi connectivity index (χ1n) is 8.53. The van der Waals surface area contributed by atoms with Crippen molar-refractivity contribution in [3.63, 3.8) is 0 Å². The molecule has 0 atom stereocenters. The number of hydrogen-bond acceptors (Lipinski definition) is 1. The van der Waals surface area contributed by atoms with Crippen molar-refractivity contribution in [2.45, 2.75) is 83.0 Å². The summed E-state index contributed by atoms with van der Waals surface area (Å²) in [6, 6.07) is 8.73. The molecule has 0 nitrogen and oxygen atoms in total. The van der Waals surface area contributed by atoms with Gasteiger partial charge in [0.1, 0.15) is 0 Å². The molecule has 0 aliphatic rings. The van der Waals surface area contributed by atoms with Gasteiger partial charge in [-0.15, -0.1) is 11.8 Å². The summed E-state index contributed by atoms with van der Waals surface area (Å²) in [5.41, 5.74) is 1.42. The summed E-state index contributed by atoms with van der Waals surface area (Å²) in [5.74, 6) is 1.28. The van der Waals surface area contributed by atoms with E-state index in [2.05, 4.69) is 38.1 Å². The summed E-state index contributed by atoms with van der Waals surface area (Å²) in [6.07, 6.45) is 14.3. The lowest BCUT2D eigenvalue weighted by atomic mass is 10.1. The van der Waals surface area contributed by atoms with E-state index >= 15 is 0 Å². The number of hydrogen-bond donors (Lipinski definition) is 0. The van der Waals surface area contributed by atoms with Crippen LogP contribution in [0.3, 0.4) is 0 Å². The molecule has 1 heteroatoms. The first kappa shape index (κ1) is 17.6. The molecule has 0 bridgehead atoms. The third-order valence-electron chi connectivity index (χ3n) is 3.85. The molecule has 0 amide bonds. The number of rotatable bonds is 12. The van der Waals surface area contributed by atoms with Crippen molar-refractivity contribution >= 4 is 11.8 Å². The van der Waals surface area contributed by atoms with Crippen LogP contribution in [0, 0.1) is 6.92 Å². The molecule has 114 valence electrons. The van der Waals surface area contributed by atoms with Crippen molar-refractivity contribution in [2.24, 2.45) is 0 Å². The maximum absolute atomic E-state index is 2.29. The van der Waals surface area contributed by atoms with Crippen LogP contribution in [0.5, 0.6) is 0 Å². The van der Waals surface area contributed by atoms with E-state index in [0.29, 0.717) is 0 Å². The van der Waals surface area contributed by atoms with Crippen molar-refractivity contribution < 1.29 is 0 Å². The Balaban J connectivity index is 1.87. The lowest BCUT2D eigenvalue weighted by Gasteiger charge is -2.05. The largest absolute Gasteiger partial charge is 0.126 e. The van der Waals surface area contributed by atoms with E-state index in [1.54, 1.807) is 0 Å². The predicted octanol–water partition coefficient (Wildman–Crippen LogP) is 7.01. The zero-order chi connectivity index (χ0) is 14.5. The maximum atomic E-state index is 2.29. The quantitative estimate of drug-likeness (QED) is 0.295. The SMILES string of the molecule is CCCCCCCCCCCCSc1ccccc1C. The first-order valence-corrected chi connectivity index (χ1v) is 9.51. The van der Waals surface area contributed by atoms with Crippen molar-refractivity contribution in [2.75, 3.05) is 5.75 Å². The molecule has 1 rings (SSSR count). The second-order valence-corrected chi connectivity index (χ2v) is 6.93. The first-order chi connectivity index (χ1) is 9.84. The average molecular weight is 293 g/mol. The zero-order valence-corrected chi connectivity index (χ0v) is 14.3. The van der Waals surface area contributed by atoms with Crippen LogP contribution in [-0.4, -0.2) is 5.75 Å². The summed E-state index contributed by atoms with van der Waals surface area (Å²) in [6.45, 7) is 4.50. The van der Waals surface area contributed by atoms with Crippen molar-refractivity contribution in [1.82, 2.24) is 0 Å². The molecule has 20 heavy (non-hydrogen) atoms. The van der Waals surface area contributed by atoms with E-state index in [1.165, 1.54) is 80.4 Å². The van der Waals surface area contributed by atoms with Gasteiger partial charge in [0.15, 0.2) is 0 Å². The Morgan fingerprint density at radius 3 is 1.90 bits per heavy atom. The summed E-state index contributed by atoms with van der Waals surface area (Å²) in [5, 5.41) is 0. The fourth-order valence-electron chi connectivity index (χ4n) is 2.49. The Morgan fingerprint density at radius 1 is 0.750 bits per heavy atom. The minimum absolute atomic E-state index is 1.28. The molecule has 0 heterocycles. The van der Waals surface area contributed by atoms with Gasteiger partial charge in [0.25, 0.3) is 0 Å². The van der Waals surface area contributed by atoms with Crippen LogP contribution in [-0.2, 0) is 0 Å². The molecular weight excluding hydrogens is 260 g/mol. The Bertz CT molecular complexity index is 332. The molecule has 0 aliphatic carbocycles. The van der Waals surface area contributed by atoms with Gasteiger partial charge in [0, 0.05) is 4.90 Å². The van der Waals surface area contributed by atoms with E-state index in [0.717, 1.165) is 0 Å². The minimum Gasteiger partial charge on any atom is -0.126 e. The summed E-state index contributed by atoms with van der Waals surface area (Å²) >= 11 is 2.02. The fourth-order valence-corrected chi connectivity index (χ4v) is 3.53. The summed E-state index contributed by atoms with van der Waals surface area (Å²) in [4.78, 5) is 1.46. The van der Waals surface area contributed by atoms with Gasteiger partial charge in [-0.2, -0.15) is 0 Å². The molecule has 0 radical (unpaired) electrons. The van der Waals surface area contributed by atoms with Gasteiger partial charge in [0.2, 0.25) is 0 Å². The molecule has 0 fully saturated rings. The Hall–Kier alpha value is -0.430. The van der Waals surface area contributed by atoms with Crippen LogP contribution in [0.2, 0.25) is 0 Å². The topological polar surface area (TPSA) is 0 Å². The second kappa shape index (κ2) is 12.3. The lowest BCUT2D eigenvalue weighted by Crippen LogP contribution is -1.85. The second-order valence-electron chi connectivity index (χ2n) is 5.80. The minimum atomic E-state index is 1.28. The Kier molecular flexibility index (Phi) is 10.9.